The monoisotopic (exact) mass is 457 g/mol. The van der Waals surface area contributed by atoms with Gasteiger partial charge < -0.3 is 5.11 Å². The largest absolute Gasteiger partial charge is 0.481 e. The summed E-state index contributed by atoms with van der Waals surface area (Å²) in [6.07, 6.45) is 0.0153. The van der Waals surface area contributed by atoms with Gasteiger partial charge in [0.25, 0.3) is 0 Å². The molecule has 0 amide bonds. The lowest BCUT2D eigenvalue weighted by Crippen LogP contribution is -2.49. The van der Waals surface area contributed by atoms with Crippen molar-refractivity contribution in [1.29, 1.82) is 0 Å². The Hall–Kier alpha value is -1.28. The van der Waals surface area contributed by atoms with E-state index in [1.54, 1.807) is 22.5 Å². The summed E-state index contributed by atoms with van der Waals surface area (Å²) in [5, 5.41) is 9.77. The van der Waals surface area contributed by atoms with E-state index in [9.17, 15) is 19.0 Å². The van der Waals surface area contributed by atoms with E-state index in [1.807, 2.05) is 44.2 Å². The topological polar surface area (TPSA) is 81.0 Å². The number of nitrogens with zero attached hydrogens (tertiary/aromatic N) is 1. The molecule has 0 spiro atoms. The summed E-state index contributed by atoms with van der Waals surface area (Å²) in [5.74, 6) is -1.21. The van der Waals surface area contributed by atoms with Crippen molar-refractivity contribution < 1.29 is 19.0 Å². The van der Waals surface area contributed by atoms with Crippen LogP contribution in [0.25, 0.3) is 0 Å². The van der Waals surface area contributed by atoms with Gasteiger partial charge in [-0.15, -0.1) is 10.8 Å². The maximum atomic E-state index is 11.5. The van der Waals surface area contributed by atoms with E-state index in [4.69, 9.17) is 23.2 Å². The molecule has 0 bridgehead atoms. The van der Waals surface area contributed by atoms with Gasteiger partial charge in [0.05, 0.1) is 17.7 Å². The lowest BCUT2D eigenvalue weighted by molar-refractivity contribution is -0.137. The van der Waals surface area contributed by atoms with E-state index >= 15 is 0 Å². The van der Waals surface area contributed by atoms with Crippen molar-refractivity contribution in [2.45, 2.75) is 49.9 Å². The molecule has 3 atom stereocenters. The molecule has 3 N–H and O–H groups in total. The van der Waals surface area contributed by atoms with Gasteiger partial charge in [-0.25, -0.2) is 0 Å². The molecule has 2 aromatic carbocycles. The summed E-state index contributed by atoms with van der Waals surface area (Å²) in [7, 11) is -3.33. The van der Waals surface area contributed by atoms with E-state index in [0.717, 1.165) is 11.1 Å². The molecule has 1 aliphatic rings. The Morgan fingerprint density at radius 1 is 1.10 bits per heavy atom. The van der Waals surface area contributed by atoms with Crippen molar-refractivity contribution in [3.63, 3.8) is 0 Å². The predicted molar refractivity (Wildman–Crippen MR) is 119 cm³/mol. The van der Waals surface area contributed by atoms with E-state index in [1.165, 1.54) is 0 Å². The average molecular weight is 458 g/mol. The van der Waals surface area contributed by atoms with Crippen molar-refractivity contribution in [3.05, 3.63) is 69.7 Å². The second-order valence-electron chi connectivity index (χ2n) is 7.63. The molecule has 158 valence electrons. The summed E-state index contributed by atoms with van der Waals surface area (Å²) in [6.45, 7) is 3.77. The van der Waals surface area contributed by atoms with Gasteiger partial charge >= 0.3 is 5.97 Å². The fourth-order valence-corrected chi connectivity index (χ4v) is 6.90. The predicted octanol–water partition coefficient (Wildman–Crippen LogP) is 6.44. The molecular weight excluding hydrogens is 433 g/mol. The number of hydrogen-bond acceptors (Lipinski definition) is 4. The highest BCUT2D eigenvalue weighted by Gasteiger charge is 2.49. The number of halogens is 2. The minimum Gasteiger partial charge on any atom is -0.481 e. The highest BCUT2D eigenvalue weighted by molar-refractivity contribution is 8.22. The van der Waals surface area contributed by atoms with Crippen molar-refractivity contribution in [3.8, 4) is 0 Å². The molecule has 0 radical (unpaired) electrons. The Bertz CT molecular complexity index is 875. The summed E-state index contributed by atoms with van der Waals surface area (Å²) in [6, 6.07) is 14.2. The second-order valence-corrected chi connectivity index (χ2v) is 10.7. The molecule has 29 heavy (non-hydrogen) atoms. The molecule has 3 unspecified atom stereocenters. The first-order valence-corrected chi connectivity index (χ1v) is 11.7. The quantitative estimate of drug-likeness (QED) is 0.480. The van der Waals surface area contributed by atoms with Crippen LogP contribution in [0.2, 0.25) is 10.0 Å². The fourth-order valence-electron chi connectivity index (χ4n) is 4.17. The van der Waals surface area contributed by atoms with Gasteiger partial charge in [0.15, 0.2) is 0 Å². The first kappa shape index (κ1) is 22.4. The molecule has 1 saturated heterocycles. The summed E-state index contributed by atoms with van der Waals surface area (Å²) < 4.78 is 24.0. The third-order valence-corrected chi connectivity index (χ3v) is 8.34. The number of carboxylic acids is 1. The Balaban J connectivity index is 2.17. The van der Waals surface area contributed by atoms with Gasteiger partial charge in [-0.2, -0.15) is 4.31 Å². The van der Waals surface area contributed by atoms with Gasteiger partial charge in [0.1, 0.15) is 0 Å². The molecular formula is C21H25Cl2NO4S. The molecule has 2 aromatic rings. The van der Waals surface area contributed by atoms with Gasteiger partial charge in [0, 0.05) is 22.0 Å². The van der Waals surface area contributed by atoms with Crippen LogP contribution in [-0.2, 0) is 4.79 Å². The zero-order valence-corrected chi connectivity index (χ0v) is 18.5. The minimum absolute atomic E-state index is 0.165. The number of benzene rings is 2. The van der Waals surface area contributed by atoms with E-state index in [-0.39, 0.29) is 24.4 Å². The molecule has 1 fully saturated rings. The number of hydrogen-bond donors (Lipinski definition) is 3. The standard InChI is InChI=1S/C21H25Cl2NO4S/c1-13(2)24-21(14-6-8-16(22)9-7-14)19(15-4-3-5-17(23)10-15)11-18(12-20(25)26)29(24,27)28/h3-10,13,18-19,21,27-28H,11-12H2,1-2H3,(H,25,26). The van der Waals surface area contributed by atoms with Crippen LogP contribution in [0, 0.1) is 0 Å². The van der Waals surface area contributed by atoms with Gasteiger partial charge in [-0.05, 0) is 55.7 Å². The summed E-state index contributed by atoms with van der Waals surface area (Å²) in [4.78, 5) is 11.5. The highest BCUT2D eigenvalue weighted by Crippen LogP contribution is 2.64. The van der Waals surface area contributed by atoms with Gasteiger partial charge in [-0.3, -0.25) is 13.9 Å². The number of rotatable bonds is 5. The third-order valence-electron chi connectivity index (χ3n) is 5.33. The summed E-state index contributed by atoms with van der Waals surface area (Å²) in [5.41, 5.74) is 1.83. The van der Waals surface area contributed by atoms with Crippen LogP contribution in [-0.4, -0.2) is 35.8 Å². The van der Waals surface area contributed by atoms with Crippen LogP contribution in [0.15, 0.2) is 48.5 Å². The maximum Gasteiger partial charge on any atom is 0.305 e. The Morgan fingerprint density at radius 2 is 1.76 bits per heavy atom. The average Bonchev–Trinajstić information content (AvgIpc) is 2.62. The van der Waals surface area contributed by atoms with Gasteiger partial charge in [0.2, 0.25) is 0 Å². The Kier molecular flexibility index (Phi) is 6.83. The fraction of sp³-hybridized carbons (Fsp3) is 0.381. The Labute approximate surface area is 182 Å². The molecule has 8 heteroatoms. The number of carbonyl (C=O) groups is 1. The first-order valence-electron chi connectivity index (χ1n) is 9.39. The SMILES string of the molecule is CC(C)N1C(c2ccc(Cl)cc2)C(c2cccc(Cl)c2)CC(CC(=O)O)S1(O)O. The zero-order chi connectivity index (χ0) is 21.3. The van der Waals surface area contributed by atoms with Crippen molar-refractivity contribution in [1.82, 2.24) is 4.31 Å². The van der Waals surface area contributed by atoms with E-state index in [0.29, 0.717) is 16.5 Å². The van der Waals surface area contributed by atoms with Crippen LogP contribution < -0.4 is 0 Å². The molecule has 1 heterocycles. The van der Waals surface area contributed by atoms with E-state index < -0.39 is 22.0 Å². The molecule has 5 nitrogen and oxygen atoms in total. The normalized spacial score (nSPS) is 25.7. The van der Waals surface area contributed by atoms with Crippen LogP contribution >= 0.6 is 34.0 Å². The molecule has 0 aliphatic carbocycles. The maximum absolute atomic E-state index is 11.5. The smallest absolute Gasteiger partial charge is 0.305 e. The summed E-state index contributed by atoms with van der Waals surface area (Å²) >= 11 is 12.3. The second kappa shape index (κ2) is 8.84. The number of carboxylic acid groups (broad SMARTS) is 1. The molecule has 1 aliphatic heterocycles. The Morgan fingerprint density at radius 3 is 2.31 bits per heavy atom. The van der Waals surface area contributed by atoms with Crippen LogP contribution in [0.1, 0.15) is 49.8 Å². The van der Waals surface area contributed by atoms with E-state index in [2.05, 4.69) is 0 Å². The zero-order valence-electron chi connectivity index (χ0n) is 16.2. The van der Waals surface area contributed by atoms with Gasteiger partial charge in [-0.1, -0.05) is 47.5 Å². The third kappa shape index (κ3) is 4.74. The molecule has 3 rings (SSSR count). The first-order chi connectivity index (χ1) is 13.6. The van der Waals surface area contributed by atoms with Crippen molar-refractivity contribution >= 4 is 39.9 Å². The lowest BCUT2D eigenvalue weighted by atomic mass is 9.82. The minimum atomic E-state index is -3.33. The van der Waals surface area contributed by atoms with Crippen LogP contribution in [0.3, 0.4) is 0 Å². The van der Waals surface area contributed by atoms with Crippen LogP contribution in [0.5, 0.6) is 0 Å². The lowest BCUT2D eigenvalue weighted by Gasteiger charge is -2.59. The number of aliphatic carboxylic acids is 1. The molecule has 0 saturated carbocycles. The van der Waals surface area contributed by atoms with Crippen LogP contribution in [0.4, 0.5) is 0 Å². The van der Waals surface area contributed by atoms with Crippen molar-refractivity contribution in [2.24, 2.45) is 0 Å². The highest BCUT2D eigenvalue weighted by atomic mass is 35.5. The molecule has 0 aromatic heterocycles. The van der Waals surface area contributed by atoms with Crippen molar-refractivity contribution in [2.75, 3.05) is 0 Å².